The van der Waals surface area contributed by atoms with E-state index in [1.54, 1.807) is 0 Å². The van der Waals surface area contributed by atoms with Gasteiger partial charge in [-0.3, -0.25) is 9.69 Å². The molecule has 132 valence electrons. The molecule has 1 atom stereocenters. The number of carbonyl (C=O) groups is 1. The lowest BCUT2D eigenvalue weighted by Crippen LogP contribution is -2.57. The van der Waals surface area contributed by atoms with Crippen LogP contribution < -0.4 is 0 Å². The maximum absolute atomic E-state index is 12.9. The Balaban J connectivity index is 1.34. The summed E-state index contributed by atoms with van der Waals surface area (Å²) in [6, 6.07) is 0.144. The molecule has 4 saturated heterocycles. The lowest BCUT2D eigenvalue weighted by Gasteiger charge is -2.46. The topological polar surface area (TPSA) is 62.5 Å². The molecular weight excluding hydrogens is 304 g/mol. The van der Waals surface area contributed by atoms with Crippen molar-refractivity contribution in [2.24, 2.45) is 5.92 Å². The van der Waals surface area contributed by atoms with Crippen LogP contribution in [0.4, 0.5) is 0 Å². The molecule has 24 heavy (non-hydrogen) atoms. The molecule has 4 aliphatic rings. The molecule has 0 radical (unpaired) electrons. The third-order valence-electron chi connectivity index (χ3n) is 6.06. The highest BCUT2D eigenvalue weighted by molar-refractivity contribution is 5.82. The van der Waals surface area contributed by atoms with Crippen LogP contribution in [0.3, 0.4) is 0 Å². The summed E-state index contributed by atoms with van der Waals surface area (Å²) in [5.41, 5.74) is 0. The van der Waals surface area contributed by atoms with E-state index in [4.69, 9.17) is 4.52 Å². The van der Waals surface area contributed by atoms with Crippen molar-refractivity contribution in [3.05, 3.63) is 11.7 Å². The van der Waals surface area contributed by atoms with Gasteiger partial charge < -0.3 is 9.42 Å². The smallest absolute Gasteiger partial charge is 0.239 e. The summed E-state index contributed by atoms with van der Waals surface area (Å²) in [6.45, 7) is 8.00. The average Bonchev–Trinajstić information content (AvgIpc) is 3.13. The zero-order valence-electron chi connectivity index (χ0n) is 14.8. The van der Waals surface area contributed by atoms with E-state index in [0.717, 1.165) is 63.1 Å². The van der Waals surface area contributed by atoms with Crippen LogP contribution in [0.5, 0.6) is 0 Å². The number of fused-ring (bicyclic) bond motifs is 3. The summed E-state index contributed by atoms with van der Waals surface area (Å²) < 4.78 is 5.44. The molecule has 5 rings (SSSR count). The van der Waals surface area contributed by atoms with Gasteiger partial charge in [-0.05, 0) is 51.1 Å². The number of likely N-dealkylation sites (tertiary alicyclic amines) is 1. The van der Waals surface area contributed by atoms with E-state index in [1.807, 2.05) is 0 Å². The molecule has 0 N–H and O–H groups in total. The molecule has 6 nitrogen and oxygen atoms in total. The van der Waals surface area contributed by atoms with Crippen molar-refractivity contribution in [1.29, 1.82) is 0 Å². The Kier molecular flexibility index (Phi) is 4.33. The predicted molar refractivity (Wildman–Crippen MR) is 89.6 cm³/mol. The van der Waals surface area contributed by atoms with Crippen molar-refractivity contribution in [1.82, 2.24) is 19.9 Å². The monoisotopic (exact) mass is 332 g/mol. The Labute approximate surface area is 143 Å². The molecule has 0 aliphatic carbocycles. The fourth-order valence-electron chi connectivity index (χ4n) is 4.43. The Hall–Kier alpha value is -1.43. The second-order valence-corrected chi connectivity index (χ2v) is 7.98. The Morgan fingerprint density at radius 3 is 2.38 bits per heavy atom. The van der Waals surface area contributed by atoms with Gasteiger partial charge in [0.05, 0.1) is 6.04 Å². The molecule has 4 fully saturated rings. The first kappa shape index (κ1) is 16.1. The summed E-state index contributed by atoms with van der Waals surface area (Å²) in [5, 5.41) is 4.07. The number of piperidine rings is 4. The minimum atomic E-state index is 0.144. The van der Waals surface area contributed by atoms with Crippen LogP contribution in [0.15, 0.2) is 4.52 Å². The van der Waals surface area contributed by atoms with Gasteiger partial charge in [0.2, 0.25) is 11.8 Å². The molecule has 1 aromatic heterocycles. The second kappa shape index (κ2) is 6.47. The molecule has 1 unspecified atom stereocenters. The van der Waals surface area contributed by atoms with Crippen molar-refractivity contribution in [3.63, 3.8) is 0 Å². The average molecular weight is 332 g/mol. The zero-order valence-corrected chi connectivity index (χ0v) is 14.8. The van der Waals surface area contributed by atoms with Crippen LogP contribution in [-0.4, -0.2) is 58.1 Å². The maximum Gasteiger partial charge on any atom is 0.239 e. The molecule has 4 aliphatic heterocycles. The van der Waals surface area contributed by atoms with Crippen molar-refractivity contribution >= 4 is 5.91 Å². The molecule has 2 bridgehead atoms. The highest BCUT2D eigenvalue weighted by Crippen LogP contribution is 2.34. The number of aromatic nitrogens is 2. The van der Waals surface area contributed by atoms with Crippen molar-refractivity contribution in [3.8, 4) is 0 Å². The summed E-state index contributed by atoms with van der Waals surface area (Å²) in [5.74, 6) is 3.26. The molecule has 0 spiro atoms. The van der Waals surface area contributed by atoms with Crippen molar-refractivity contribution < 1.29 is 9.32 Å². The number of carbonyl (C=O) groups excluding carboxylic acids is 1. The molecule has 5 heterocycles. The van der Waals surface area contributed by atoms with E-state index in [9.17, 15) is 4.79 Å². The van der Waals surface area contributed by atoms with Gasteiger partial charge in [-0.2, -0.15) is 4.98 Å². The van der Waals surface area contributed by atoms with E-state index in [1.165, 1.54) is 12.8 Å². The van der Waals surface area contributed by atoms with Gasteiger partial charge in [-0.1, -0.05) is 19.0 Å². The van der Waals surface area contributed by atoms with Crippen molar-refractivity contribution in [2.75, 3.05) is 26.2 Å². The Morgan fingerprint density at radius 2 is 1.83 bits per heavy atom. The highest BCUT2D eigenvalue weighted by Gasteiger charge is 2.40. The summed E-state index contributed by atoms with van der Waals surface area (Å²) in [7, 11) is 0. The molecule has 1 amide bonds. The molecule has 0 aromatic carbocycles. The second-order valence-electron chi connectivity index (χ2n) is 7.98. The van der Waals surface area contributed by atoms with Gasteiger partial charge in [0.25, 0.3) is 0 Å². The Morgan fingerprint density at radius 1 is 1.12 bits per heavy atom. The lowest BCUT2D eigenvalue weighted by molar-refractivity contribution is -0.142. The number of amides is 1. The zero-order chi connectivity index (χ0) is 16.7. The number of hydrogen-bond donors (Lipinski definition) is 0. The van der Waals surface area contributed by atoms with E-state index in [-0.39, 0.29) is 6.04 Å². The van der Waals surface area contributed by atoms with E-state index in [0.29, 0.717) is 17.7 Å². The van der Waals surface area contributed by atoms with E-state index in [2.05, 4.69) is 33.8 Å². The highest BCUT2D eigenvalue weighted by atomic mass is 16.5. The van der Waals surface area contributed by atoms with Crippen LogP contribution >= 0.6 is 0 Å². The number of nitrogens with zero attached hydrogens (tertiary/aromatic N) is 4. The van der Waals surface area contributed by atoms with Crippen LogP contribution in [0.1, 0.15) is 69.5 Å². The van der Waals surface area contributed by atoms with Crippen LogP contribution in [-0.2, 0) is 4.79 Å². The van der Waals surface area contributed by atoms with Gasteiger partial charge in [-0.25, -0.2) is 0 Å². The first-order valence-corrected chi connectivity index (χ1v) is 9.48. The fourth-order valence-corrected chi connectivity index (χ4v) is 4.43. The molecular formula is C18H28N4O2. The first-order chi connectivity index (χ1) is 11.6. The van der Waals surface area contributed by atoms with Gasteiger partial charge >= 0.3 is 0 Å². The normalized spacial score (nSPS) is 31.0. The van der Waals surface area contributed by atoms with Crippen LogP contribution in [0.2, 0.25) is 0 Å². The van der Waals surface area contributed by atoms with E-state index < -0.39 is 0 Å². The summed E-state index contributed by atoms with van der Waals surface area (Å²) in [4.78, 5) is 21.9. The summed E-state index contributed by atoms with van der Waals surface area (Å²) in [6.07, 6.45) is 5.49. The minimum absolute atomic E-state index is 0.144. The maximum atomic E-state index is 12.9. The molecule has 6 heteroatoms. The van der Waals surface area contributed by atoms with Gasteiger partial charge in [-0.15, -0.1) is 0 Å². The largest absolute Gasteiger partial charge is 0.341 e. The van der Waals surface area contributed by atoms with Crippen LogP contribution in [0, 0.1) is 5.92 Å². The van der Waals surface area contributed by atoms with Gasteiger partial charge in [0.1, 0.15) is 0 Å². The first-order valence-electron chi connectivity index (χ1n) is 9.48. The van der Waals surface area contributed by atoms with Crippen molar-refractivity contribution in [2.45, 2.75) is 63.8 Å². The van der Waals surface area contributed by atoms with Gasteiger partial charge in [0, 0.05) is 24.9 Å². The molecule has 1 aromatic rings. The summed E-state index contributed by atoms with van der Waals surface area (Å²) >= 11 is 0. The number of hydrogen-bond acceptors (Lipinski definition) is 5. The van der Waals surface area contributed by atoms with Gasteiger partial charge in [0.15, 0.2) is 5.82 Å². The number of rotatable bonds is 3. The quantitative estimate of drug-likeness (QED) is 0.850. The minimum Gasteiger partial charge on any atom is -0.341 e. The SMILES string of the molecule is CC(C)c1noc(C2CCN(C(=O)C3CC4CCN3CC4)CC2)n1. The Bertz CT molecular complexity index is 584. The third-order valence-corrected chi connectivity index (χ3v) is 6.06. The third kappa shape index (κ3) is 2.96. The van der Waals surface area contributed by atoms with Crippen LogP contribution in [0.25, 0.3) is 0 Å². The molecule has 0 saturated carbocycles. The standard InChI is InChI=1S/C18H28N4O2/c1-12(2)16-19-17(24-20-16)14-5-9-22(10-6-14)18(23)15-11-13-3-7-21(15)8-4-13/h12-15H,3-11H2,1-2H3. The lowest BCUT2D eigenvalue weighted by atomic mass is 9.82. The fraction of sp³-hybridized carbons (Fsp3) is 0.833. The predicted octanol–water partition coefficient (Wildman–Crippen LogP) is 2.38. The van der Waals surface area contributed by atoms with E-state index >= 15 is 0 Å².